The molecule has 0 aliphatic heterocycles. The van der Waals surface area contributed by atoms with Crippen LogP contribution in [0, 0.1) is 13.8 Å². The van der Waals surface area contributed by atoms with Crippen LogP contribution in [0.25, 0.3) is 0 Å². The molecule has 0 fully saturated rings. The second kappa shape index (κ2) is 12.3. The van der Waals surface area contributed by atoms with Crippen molar-refractivity contribution in [3.63, 3.8) is 0 Å². The lowest BCUT2D eigenvalue weighted by molar-refractivity contribution is 0.320. The lowest BCUT2D eigenvalue weighted by atomic mass is 9.79. The van der Waals surface area contributed by atoms with Crippen LogP contribution in [0.4, 0.5) is 0 Å². The van der Waals surface area contributed by atoms with E-state index in [1.807, 2.05) is 44.2 Å². The predicted molar refractivity (Wildman–Crippen MR) is 169 cm³/mol. The third-order valence-corrected chi connectivity index (χ3v) is 9.62. The minimum Gasteiger partial charge on any atom is -0.507 e. The van der Waals surface area contributed by atoms with Gasteiger partial charge in [0.25, 0.3) is 10.1 Å². The molecule has 0 spiro atoms. The fourth-order valence-corrected chi connectivity index (χ4v) is 6.71. The van der Waals surface area contributed by atoms with E-state index in [1.54, 1.807) is 36.0 Å². The number of aryl methyl sites for hydroxylation is 2. The summed E-state index contributed by atoms with van der Waals surface area (Å²) in [5, 5.41) is 11.0. The predicted octanol–water partition coefficient (Wildman–Crippen LogP) is 8.42. The highest BCUT2D eigenvalue weighted by molar-refractivity contribution is 7.99. The molecule has 1 atom stereocenters. The number of oxazole rings is 1. The molecule has 4 aromatic rings. The van der Waals surface area contributed by atoms with E-state index in [2.05, 4.69) is 53.7 Å². The van der Waals surface area contributed by atoms with Crippen molar-refractivity contribution in [2.45, 2.75) is 87.7 Å². The van der Waals surface area contributed by atoms with Crippen molar-refractivity contribution >= 4 is 21.9 Å². The van der Waals surface area contributed by atoms with Gasteiger partial charge in [-0.15, -0.1) is 11.8 Å². The van der Waals surface area contributed by atoms with Crippen molar-refractivity contribution in [3.05, 3.63) is 106 Å². The number of rotatable bonds is 9. The van der Waals surface area contributed by atoms with Crippen molar-refractivity contribution in [1.29, 1.82) is 0 Å². The molecule has 3 aromatic carbocycles. The van der Waals surface area contributed by atoms with Crippen LogP contribution in [0.5, 0.6) is 5.75 Å². The Balaban J connectivity index is 1.64. The van der Waals surface area contributed by atoms with Gasteiger partial charge in [-0.05, 0) is 54.5 Å². The molecule has 0 bridgehead atoms. The Hall–Kier alpha value is -3.07. The lowest BCUT2D eigenvalue weighted by Crippen LogP contribution is -2.17. The molecular formula is C34H41NO5S2. The van der Waals surface area contributed by atoms with Crippen LogP contribution >= 0.6 is 11.8 Å². The van der Waals surface area contributed by atoms with Crippen molar-refractivity contribution in [3.8, 4) is 5.75 Å². The highest BCUT2D eigenvalue weighted by atomic mass is 32.2. The third-order valence-electron chi connectivity index (χ3n) is 7.08. The summed E-state index contributed by atoms with van der Waals surface area (Å²) in [5.41, 5.74) is 3.92. The maximum atomic E-state index is 12.7. The number of aromatic hydroxyl groups is 1. The second-order valence-corrected chi connectivity index (χ2v) is 15.5. The van der Waals surface area contributed by atoms with Gasteiger partial charge in [0.2, 0.25) is 5.89 Å². The SMILES string of the molecule is Cc1ccc(S(=O)(=O)OCCc2nc(C(Sc3cc(C(C)(C)C)c(O)c(C(C)(C)C)c3)c3ccccc3)oc2C)cc1. The highest BCUT2D eigenvalue weighted by Crippen LogP contribution is 2.46. The maximum absolute atomic E-state index is 12.7. The molecule has 4 rings (SSSR count). The van der Waals surface area contributed by atoms with Gasteiger partial charge in [-0.2, -0.15) is 8.42 Å². The zero-order chi connectivity index (χ0) is 30.9. The first-order valence-electron chi connectivity index (χ1n) is 14.1. The number of hydrogen-bond acceptors (Lipinski definition) is 7. The van der Waals surface area contributed by atoms with Gasteiger partial charge in [-0.3, -0.25) is 4.18 Å². The highest BCUT2D eigenvalue weighted by Gasteiger charge is 2.29. The third kappa shape index (κ3) is 7.46. The van der Waals surface area contributed by atoms with E-state index in [9.17, 15) is 13.5 Å². The molecule has 1 unspecified atom stereocenters. The molecule has 1 aromatic heterocycles. The summed E-state index contributed by atoms with van der Waals surface area (Å²) in [4.78, 5) is 5.97. The number of nitrogens with zero attached hydrogens (tertiary/aromatic N) is 1. The fraction of sp³-hybridized carbons (Fsp3) is 0.382. The summed E-state index contributed by atoms with van der Waals surface area (Å²) in [6, 6.07) is 20.7. The van der Waals surface area contributed by atoms with Gasteiger partial charge < -0.3 is 9.52 Å². The molecule has 0 aliphatic carbocycles. The van der Waals surface area contributed by atoms with Gasteiger partial charge in [0.05, 0.1) is 17.2 Å². The zero-order valence-electron chi connectivity index (χ0n) is 25.7. The number of phenolic OH excluding ortho intramolecular Hbond substituents is 1. The van der Waals surface area contributed by atoms with Crippen LogP contribution in [0.3, 0.4) is 0 Å². The largest absolute Gasteiger partial charge is 0.507 e. The molecule has 0 radical (unpaired) electrons. The first-order chi connectivity index (χ1) is 19.6. The molecule has 42 heavy (non-hydrogen) atoms. The normalized spacial score (nSPS) is 13.3. The van der Waals surface area contributed by atoms with Crippen LogP contribution < -0.4 is 0 Å². The Bertz CT molecular complexity index is 1590. The number of aromatic nitrogens is 1. The van der Waals surface area contributed by atoms with Gasteiger partial charge in [0, 0.05) is 22.4 Å². The summed E-state index contributed by atoms with van der Waals surface area (Å²) in [6.07, 6.45) is 0.286. The van der Waals surface area contributed by atoms with E-state index >= 15 is 0 Å². The molecule has 0 saturated heterocycles. The van der Waals surface area contributed by atoms with Gasteiger partial charge in [0.15, 0.2) is 0 Å². The Kier molecular flexibility index (Phi) is 9.31. The Morgan fingerprint density at radius 1 is 0.905 bits per heavy atom. The van der Waals surface area contributed by atoms with E-state index in [0.717, 1.165) is 27.1 Å². The van der Waals surface area contributed by atoms with E-state index in [1.165, 1.54) is 0 Å². The van der Waals surface area contributed by atoms with Crippen LogP contribution in [0.2, 0.25) is 0 Å². The second-order valence-electron chi connectivity index (χ2n) is 12.7. The standard InChI is InChI=1S/C34H41NO5S2/c1-22-14-16-26(17-15-22)42(37,38)39-19-18-29-23(2)40-32(35-29)31(24-12-10-9-11-13-24)41-25-20-27(33(3,4)5)30(36)28(21-25)34(6,7)8/h9-17,20-21,31,36H,18-19H2,1-8H3. The average Bonchev–Trinajstić information content (AvgIpc) is 3.27. The topological polar surface area (TPSA) is 89.6 Å². The number of benzene rings is 3. The number of hydrogen-bond donors (Lipinski definition) is 1. The summed E-state index contributed by atoms with van der Waals surface area (Å²) in [6.45, 7) is 16.3. The van der Waals surface area contributed by atoms with E-state index in [0.29, 0.717) is 23.1 Å². The molecule has 1 heterocycles. The minimum atomic E-state index is -3.87. The molecule has 8 heteroatoms. The van der Waals surface area contributed by atoms with Crippen LogP contribution in [0.1, 0.15) is 86.4 Å². The quantitative estimate of drug-likeness (QED) is 0.151. The van der Waals surface area contributed by atoms with Crippen LogP contribution in [-0.4, -0.2) is 25.1 Å². The Morgan fingerprint density at radius 3 is 2.02 bits per heavy atom. The van der Waals surface area contributed by atoms with Crippen molar-refractivity contribution in [1.82, 2.24) is 4.98 Å². The van der Waals surface area contributed by atoms with Gasteiger partial charge in [0.1, 0.15) is 16.8 Å². The van der Waals surface area contributed by atoms with E-state index in [-0.39, 0.29) is 34.0 Å². The fourth-order valence-electron chi connectivity index (χ4n) is 4.66. The number of thioether (sulfide) groups is 1. The molecule has 224 valence electrons. The van der Waals surface area contributed by atoms with Crippen molar-refractivity contribution in [2.24, 2.45) is 0 Å². The Labute approximate surface area is 254 Å². The van der Waals surface area contributed by atoms with Crippen molar-refractivity contribution in [2.75, 3.05) is 6.61 Å². The minimum absolute atomic E-state index is 0.0476. The lowest BCUT2D eigenvalue weighted by Gasteiger charge is -2.28. The van der Waals surface area contributed by atoms with Gasteiger partial charge >= 0.3 is 0 Å². The van der Waals surface area contributed by atoms with Crippen LogP contribution in [0.15, 0.2) is 80.9 Å². The molecule has 6 nitrogen and oxygen atoms in total. The molecule has 0 aliphatic rings. The maximum Gasteiger partial charge on any atom is 0.296 e. The Morgan fingerprint density at radius 2 is 1.48 bits per heavy atom. The molecule has 1 N–H and O–H groups in total. The molecule has 0 saturated carbocycles. The summed E-state index contributed by atoms with van der Waals surface area (Å²) >= 11 is 1.62. The van der Waals surface area contributed by atoms with Gasteiger partial charge in [-0.1, -0.05) is 89.6 Å². The summed E-state index contributed by atoms with van der Waals surface area (Å²) < 4.78 is 36.8. The zero-order valence-corrected chi connectivity index (χ0v) is 27.3. The first kappa shape index (κ1) is 31.9. The summed E-state index contributed by atoms with van der Waals surface area (Å²) in [7, 11) is -3.87. The average molecular weight is 608 g/mol. The molecule has 0 amide bonds. The molecular weight excluding hydrogens is 567 g/mol. The van der Waals surface area contributed by atoms with Gasteiger partial charge in [-0.25, -0.2) is 4.98 Å². The van der Waals surface area contributed by atoms with E-state index in [4.69, 9.17) is 13.6 Å². The monoisotopic (exact) mass is 607 g/mol. The van der Waals surface area contributed by atoms with E-state index < -0.39 is 10.1 Å². The smallest absolute Gasteiger partial charge is 0.296 e. The van der Waals surface area contributed by atoms with Crippen LogP contribution in [-0.2, 0) is 31.6 Å². The number of phenols is 1. The van der Waals surface area contributed by atoms with Crippen molar-refractivity contribution < 1.29 is 22.1 Å². The summed E-state index contributed by atoms with van der Waals surface area (Å²) in [5.74, 6) is 1.49. The first-order valence-corrected chi connectivity index (χ1v) is 16.4.